The van der Waals surface area contributed by atoms with Gasteiger partial charge in [-0.15, -0.1) is 0 Å². The first-order valence-corrected chi connectivity index (χ1v) is 8.61. The minimum absolute atomic E-state index is 0.0484. The molecule has 0 unspecified atom stereocenters. The molecule has 5 nitrogen and oxygen atoms in total. The molecule has 0 saturated heterocycles. The Morgan fingerprint density at radius 1 is 0.778 bits per heavy atom. The smallest absolute Gasteiger partial charge is 0.257 e. The largest absolute Gasteiger partial charge is 0.355 e. The Morgan fingerprint density at radius 3 is 2.07 bits per heavy atom. The summed E-state index contributed by atoms with van der Waals surface area (Å²) < 4.78 is 0. The van der Waals surface area contributed by atoms with Crippen molar-refractivity contribution in [1.29, 1.82) is 0 Å². The number of amides is 2. The maximum atomic E-state index is 12.7. The van der Waals surface area contributed by atoms with E-state index in [1.807, 2.05) is 48.5 Å². The third-order valence-corrected chi connectivity index (χ3v) is 4.21. The SMILES string of the molecule is CC(=O)N(C)c1ccc(NC(=O)c2ccccc2Nc2ccccc2)cc1. The zero-order chi connectivity index (χ0) is 19.2. The molecule has 0 aliphatic carbocycles. The highest BCUT2D eigenvalue weighted by Gasteiger charge is 2.12. The summed E-state index contributed by atoms with van der Waals surface area (Å²) in [6.07, 6.45) is 0. The molecule has 0 saturated carbocycles. The highest BCUT2D eigenvalue weighted by atomic mass is 16.2. The third kappa shape index (κ3) is 4.52. The topological polar surface area (TPSA) is 61.4 Å². The predicted molar refractivity (Wildman–Crippen MR) is 110 cm³/mol. The van der Waals surface area contributed by atoms with Crippen LogP contribution < -0.4 is 15.5 Å². The van der Waals surface area contributed by atoms with E-state index in [1.54, 1.807) is 42.3 Å². The van der Waals surface area contributed by atoms with Crippen LogP contribution in [-0.4, -0.2) is 18.9 Å². The van der Waals surface area contributed by atoms with Crippen molar-refractivity contribution in [1.82, 2.24) is 0 Å². The fraction of sp³-hybridized carbons (Fsp3) is 0.0909. The van der Waals surface area contributed by atoms with Crippen LogP contribution in [0.15, 0.2) is 78.9 Å². The summed E-state index contributed by atoms with van der Waals surface area (Å²) in [5, 5.41) is 6.17. The fourth-order valence-electron chi connectivity index (χ4n) is 2.62. The van der Waals surface area contributed by atoms with Crippen LogP contribution in [0.5, 0.6) is 0 Å². The normalized spacial score (nSPS) is 10.1. The van der Waals surface area contributed by atoms with E-state index in [4.69, 9.17) is 0 Å². The summed E-state index contributed by atoms with van der Waals surface area (Å²) in [4.78, 5) is 25.7. The molecule has 3 rings (SSSR count). The van der Waals surface area contributed by atoms with E-state index in [1.165, 1.54) is 6.92 Å². The molecule has 27 heavy (non-hydrogen) atoms. The average Bonchev–Trinajstić information content (AvgIpc) is 2.69. The van der Waals surface area contributed by atoms with Gasteiger partial charge >= 0.3 is 0 Å². The van der Waals surface area contributed by atoms with Gasteiger partial charge in [0, 0.05) is 31.0 Å². The van der Waals surface area contributed by atoms with Crippen LogP contribution in [0.3, 0.4) is 0 Å². The molecular formula is C22H21N3O2. The van der Waals surface area contributed by atoms with Crippen molar-refractivity contribution in [3.63, 3.8) is 0 Å². The molecule has 0 fully saturated rings. The minimum atomic E-state index is -0.207. The summed E-state index contributed by atoms with van der Waals surface area (Å²) in [6, 6.07) is 24.2. The van der Waals surface area contributed by atoms with Crippen molar-refractivity contribution >= 4 is 34.6 Å². The highest BCUT2D eigenvalue weighted by Crippen LogP contribution is 2.23. The molecular weight excluding hydrogens is 338 g/mol. The molecule has 3 aromatic rings. The zero-order valence-corrected chi connectivity index (χ0v) is 15.3. The summed E-state index contributed by atoms with van der Waals surface area (Å²) in [7, 11) is 1.71. The molecule has 5 heteroatoms. The first kappa shape index (κ1) is 18.2. The summed E-state index contributed by atoms with van der Waals surface area (Å²) in [6.45, 7) is 1.51. The number of carbonyl (C=O) groups excluding carboxylic acids is 2. The average molecular weight is 359 g/mol. The number of hydrogen-bond donors (Lipinski definition) is 2. The van der Waals surface area contributed by atoms with Gasteiger partial charge in [-0.05, 0) is 48.5 Å². The van der Waals surface area contributed by atoms with Gasteiger partial charge in [-0.1, -0.05) is 30.3 Å². The van der Waals surface area contributed by atoms with Crippen molar-refractivity contribution in [2.24, 2.45) is 0 Å². The second-order valence-electron chi connectivity index (χ2n) is 6.12. The van der Waals surface area contributed by atoms with E-state index in [2.05, 4.69) is 10.6 Å². The molecule has 136 valence electrons. The predicted octanol–water partition coefficient (Wildman–Crippen LogP) is 4.67. The van der Waals surface area contributed by atoms with Crippen LogP contribution in [-0.2, 0) is 4.79 Å². The molecule has 0 spiro atoms. The van der Waals surface area contributed by atoms with Gasteiger partial charge in [0.15, 0.2) is 0 Å². The number of nitrogens with one attached hydrogen (secondary N) is 2. The molecule has 0 radical (unpaired) electrons. The number of nitrogens with zero attached hydrogens (tertiary/aromatic N) is 1. The molecule has 0 aromatic heterocycles. The third-order valence-electron chi connectivity index (χ3n) is 4.21. The van der Waals surface area contributed by atoms with Crippen LogP contribution in [0.4, 0.5) is 22.7 Å². The lowest BCUT2D eigenvalue weighted by Gasteiger charge is -2.16. The van der Waals surface area contributed by atoms with Crippen LogP contribution in [0.25, 0.3) is 0 Å². The molecule has 2 N–H and O–H groups in total. The minimum Gasteiger partial charge on any atom is -0.355 e. The van der Waals surface area contributed by atoms with Gasteiger partial charge in [0.25, 0.3) is 5.91 Å². The Balaban J connectivity index is 1.76. The zero-order valence-electron chi connectivity index (χ0n) is 15.3. The van der Waals surface area contributed by atoms with Crippen LogP contribution in [0.2, 0.25) is 0 Å². The van der Waals surface area contributed by atoms with E-state index < -0.39 is 0 Å². The summed E-state index contributed by atoms with van der Waals surface area (Å²) >= 11 is 0. The summed E-state index contributed by atoms with van der Waals surface area (Å²) in [5.41, 5.74) is 3.62. The Kier molecular flexibility index (Phi) is 5.52. The van der Waals surface area contributed by atoms with E-state index in [-0.39, 0.29) is 11.8 Å². The second kappa shape index (κ2) is 8.19. The first-order chi connectivity index (χ1) is 13.0. The fourth-order valence-corrected chi connectivity index (χ4v) is 2.62. The molecule has 0 bridgehead atoms. The second-order valence-corrected chi connectivity index (χ2v) is 6.12. The van der Waals surface area contributed by atoms with Gasteiger partial charge in [-0.2, -0.15) is 0 Å². The number of anilines is 4. The van der Waals surface area contributed by atoms with Gasteiger partial charge in [-0.3, -0.25) is 9.59 Å². The lowest BCUT2D eigenvalue weighted by molar-refractivity contribution is -0.116. The summed E-state index contributed by atoms with van der Waals surface area (Å²) in [5.74, 6) is -0.255. The van der Waals surface area contributed by atoms with Gasteiger partial charge in [0.2, 0.25) is 5.91 Å². The lowest BCUT2D eigenvalue weighted by atomic mass is 10.1. The van der Waals surface area contributed by atoms with Crippen molar-refractivity contribution in [2.45, 2.75) is 6.92 Å². The maximum absolute atomic E-state index is 12.7. The molecule has 0 heterocycles. The Hall–Kier alpha value is -3.60. The van der Waals surface area contributed by atoms with Crippen molar-refractivity contribution < 1.29 is 9.59 Å². The van der Waals surface area contributed by atoms with Gasteiger partial charge in [0.05, 0.1) is 11.3 Å². The van der Waals surface area contributed by atoms with E-state index in [0.717, 1.165) is 17.1 Å². The number of para-hydroxylation sites is 2. The highest BCUT2D eigenvalue weighted by molar-refractivity contribution is 6.08. The number of carbonyl (C=O) groups is 2. The number of benzene rings is 3. The van der Waals surface area contributed by atoms with Gasteiger partial charge < -0.3 is 15.5 Å². The van der Waals surface area contributed by atoms with Crippen LogP contribution in [0.1, 0.15) is 17.3 Å². The number of hydrogen-bond acceptors (Lipinski definition) is 3. The maximum Gasteiger partial charge on any atom is 0.257 e. The van der Waals surface area contributed by atoms with Crippen LogP contribution >= 0.6 is 0 Å². The number of rotatable bonds is 5. The molecule has 0 atom stereocenters. The van der Waals surface area contributed by atoms with Crippen molar-refractivity contribution in [3.8, 4) is 0 Å². The van der Waals surface area contributed by atoms with Gasteiger partial charge in [-0.25, -0.2) is 0 Å². The van der Waals surface area contributed by atoms with Crippen molar-refractivity contribution in [2.75, 3.05) is 22.6 Å². The van der Waals surface area contributed by atoms with E-state index >= 15 is 0 Å². The van der Waals surface area contributed by atoms with Crippen LogP contribution in [0, 0.1) is 0 Å². The molecule has 2 amide bonds. The molecule has 0 aliphatic heterocycles. The van der Waals surface area contributed by atoms with E-state index in [9.17, 15) is 9.59 Å². The Bertz CT molecular complexity index is 937. The van der Waals surface area contributed by atoms with Crippen molar-refractivity contribution in [3.05, 3.63) is 84.4 Å². The lowest BCUT2D eigenvalue weighted by Crippen LogP contribution is -2.22. The standard InChI is InChI=1S/C22H21N3O2/c1-16(26)25(2)19-14-12-18(13-15-19)24-22(27)20-10-6-7-11-21(20)23-17-8-4-3-5-9-17/h3-15,23H,1-2H3,(H,24,27). The Morgan fingerprint density at radius 2 is 1.41 bits per heavy atom. The quantitative estimate of drug-likeness (QED) is 0.696. The van der Waals surface area contributed by atoms with Gasteiger partial charge in [0.1, 0.15) is 0 Å². The molecule has 3 aromatic carbocycles. The monoisotopic (exact) mass is 359 g/mol. The molecule has 0 aliphatic rings. The Labute approximate surface area is 158 Å². The van der Waals surface area contributed by atoms with E-state index in [0.29, 0.717) is 11.3 Å². The first-order valence-electron chi connectivity index (χ1n) is 8.61.